The van der Waals surface area contributed by atoms with Crippen molar-refractivity contribution < 1.29 is 4.39 Å². The molecule has 0 aliphatic rings. The van der Waals surface area contributed by atoms with E-state index in [-0.39, 0.29) is 5.82 Å². The lowest BCUT2D eigenvalue weighted by Gasteiger charge is -2.10. The lowest BCUT2D eigenvalue weighted by molar-refractivity contribution is 0.628. The van der Waals surface area contributed by atoms with Gasteiger partial charge in [0.25, 0.3) is 0 Å². The first-order chi connectivity index (χ1) is 13.1. The van der Waals surface area contributed by atoms with Crippen molar-refractivity contribution in [3.8, 4) is 17.2 Å². The van der Waals surface area contributed by atoms with Gasteiger partial charge in [0.1, 0.15) is 17.5 Å². The maximum Gasteiger partial charge on any atom is 0.229 e. The Balaban J connectivity index is 1.69. The molecule has 5 nitrogen and oxygen atoms in total. The molecule has 0 fully saturated rings. The van der Waals surface area contributed by atoms with Crippen LogP contribution in [0.2, 0.25) is 0 Å². The van der Waals surface area contributed by atoms with Crippen molar-refractivity contribution in [3.05, 3.63) is 84.1 Å². The van der Waals surface area contributed by atoms with Crippen LogP contribution >= 0.6 is 0 Å². The fraction of sp³-hybridized carbons (Fsp3) is 0.0952. The molecule has 0 atom stereocenters. The van der Waals surface area contributed by atoms with Crippen molar-refractivity contribution in [2.24, 2.45) is 0 Å². The predicted molar refractivity (Wildman–Crippen MR) is 104 cm³/mol. The summed E-state index contributed by atoms with van der Waals surface area (Å²) in [5.74, 6) is 1.44. The SMILES string of the molecule is Cc1cc(C)cc(Nc2nccc(-n3ccnc3-c3cccc(F)c3)n2)c1. The minimum atomic E-state index is -0.304. The zero-order valence-electron chi connectivity index (χ0n) is 15.0. The Morgan fingerprint density at radius 2 is 1.74 bits per heavy atom. The maximum atomic E-state index is 13.6. The van der Waals surface area contributed by atoms with E-state index < -0.39 is 0 Å². The van der Waals surface area contributed by atoms with Gasteiger partial charge in [0, 0.05) is 29.8 Å². The van der Waals surface area contributed by atoms with Crippen LogP contribution in [0.1, 0.15) is 11.1 Å². The summed E-state index contributed by atoms with van der Waals surface area (Å²) in [4.78, 5) is 13.2. The smallest absolute Gasteiger partial charge is 0.229 e. The summed E-state index contributed by atoms with van der Waals surface area (Å²) < 4.78 is 15.4. The summed E-state index contributed by atoms with van der Waals surface area (Å²) in [7, 11) is 0. The van der Waals surface area contributed by atoms with E-state index in [4.69, 9.17) is 0 Å². The Morgan fingerprint density at radius 3 is 2.52 bits per heavy atom. The van der Waals surface area contributed by atoms with Crippen molar-refractivity contribution in [1.29, 1.82) is 0 Å². The van der Waals surface area contributed by atoms with E-state index >= 15 is 0 Å². The Labute approximate surface area is 156 Å². The fourth-order valence-electron chi connectivity index (χ4n) is 3.05. The van der Waals surface area contributed by atoms with Gasteiger partial charge < -0.3 is 5.32 Å². The molecular formula is C21H18FN5. The van der Waals surface area contributed by atoms with Gasteiger partial charge in [0.2, 0.25) is 5.95 Å². The van der Waals surface area contributed by atoms with Gasteiger partial charge >= 0.3 is 0 Å². The van der Waals surface area contributed by atoms with Crippen LogP contribution in [0.4, 0.5) is 16.0 Å². The third-order valence-electron chi connectivity index (χ3n) is 4.09. The highest BCUT2D eigenvalue weighted by Gasteiger charge is 2.10. The number of rotatable bonds is 4. The Bertz CT molecular complexity index is 1080. The standard InChI is InChI=1S/C21H18FN5/c1-14-10-15(2)12-18(11-14)25-21-24-7-6-19(26-21)27-9-8-23-20(27)16-4-3-5-17(22)13-16/h3-13H,1-2H3,(H,24,25,26). The molecule has 0 spiro atoms. The molecular weight excluding hydrogens is 341 g/mol. The van der Waals surface area contributed by atoms with Gasteiger partial charge in [-0.25, -0.2) is 14.4 Å². The summed E-state index contributed by atoms with van der Waals surface area (Å²) in [6.45, 7) is 4.10. The van der Waals surface area contributed by atoms with Crippen molar-refractivity contribution in [2.75, 3.05) is 5.32 Å². The molecule has 134 valence electrons. The van der Waals surface area contributed by atoms with Crippen LogP contribution in [0, 0.1) is 19.7 Å². The van der Waals surface area contributed by atoms with E-state index in [0.717, 1.165) is 16.8 Å². The van der Waals surface area contributed by atoms with Crippen molar-refractivity contribution in [2.45, 2.75) is 13.8 Å². The van der Waals surface area contributed by atoms with Crippen molar-refractivity contribution in [1.82, 2.24) is 19.5 Å². The normalized spacial score (nSPS) is 10.8. The maximum absolute atomic E-state index is 13.6. The lowest BCUT2D eigenvalue weighted by Crippen LogP contribution is -2.04. The molecule has 27 heavy (non-hydrogen) atoms. The summed E-state index contributed by atoms with van der Waals surface area (Å²) in [5, 5.41) is 3.24. The van der Waals surface area contributed by atoms with Crippen LogP contribution in [-0.4, -0.2) is 19.5 Å². The topological polar surface area (TPSA) is 55.6 Å². The minimum Gasteiger partial charge on any atom is -0.324 e. The summed E-state index contributed by atoms with van der Waals surface area (Å²) in [5.41, 5.74) is 3.94. The average molecular weight is 359 g/mol. The number of nitrogens with one attached hydrogen (secondary N) is 1. The molecule has 2 aromatic carbocycles. The van der Waals surface area contributed by atoms with Crippen LogP contribution in [0.25, 0.3) is 17.2 Å². The molecule has 2 heterocycles. The molecule has 0 saturated heterocycles. The largest absolute Gasteiger partial charge is 0.324 e. The number of hydrogen-bond donors (Lipinski definition) is 1. The molecule has 0 saturated carbocycles. The van der Waals surface area contributed by atoms with Crippen LogP contribution in [0.5, 0.6) is 0 Å². The van der Waals surface area contributed by atoms with Gasteiger partial charge in [0.15, 0.2) is 0 Å². The number of halogens is 1. The molecule has 6 heteroatoms. The Hall–Kier alpha value is -3.54. The first-order valence-corrected chi connectivity index (χ1v) is 8.56. The molecule has 2 aromatic heterocycles. The average Bonchev–Trinajstić information content (AvgIpc) is 3.11. The second kappa shape index (κ2) is 6.99. The quantitative estimate of drug-likeness (QED) is 0.567. The summed E-state index contributed by atoms with van der Waals surface area (Å²) in [6, 6.07) is 14.3. The number of nitrogens with zero attached hydrogens (tertiary/aromatic N) is 4. The fourth-order valence-corrected chi connectivity index (χ4v) is 3.05. The lowest BCUT2D eigenvalue weighted by atomic mass is 10.1. The third kappa shape index (κ3) is 3.69. The first kappa shape index (κ1) is 16.9. The van der Waals surface area contributed by atoms with Crippen LogP contribution in [-0.2, 0) is 0 Å². The molecule has 0 aliphatic heterocycles. The van der Waals surface area contributed by atoms with E-state index in [2.05, 4.69) is 26.3 Å². The zero-order chi connectivity index (χ0) is 18.8. The van der Waals surface area contributed by atoms with Crippen LogP contribution in [0.15, 0.2) is 67.1 Å². The molecule has 0 amide bonds. The highest BCUT2D eigenvalue weighted by Crippen LogP contribution is 2.22. The van der Waals surface area contributed by atoms with Gasteiger partial charge in [-0.3, -0.25) is 4.57 Å². The van der Waals surface area contributed by atoms with E-state index in [1.165, 1.54) is 12.1 Å². The molecule has 0 unspecified atom stereocenters. The number of hydrogen-bond acceptors (Lipinski definition) is 4. The molecule has 0 bridgehead atoms. The molecule has 0 radical (unpaired) electrons. The summed E-state index contributed by atoms with van der Waals surface area (Å²) >= 11 is 0. The number of imidazole rings is 1. The Kier molecular flexibility index (Phi) is 4.38. The van der Waals surface area contributed by atoms with Gasteiger partial charge in [-0.2, -0.15) is 4.98 Å². The number of aryl methyl sites for hydroxylation is 2. The number of anilines is 2. The Morgan fingerprint density at radius 1 is 0.926 bits per heavy atom. The predicted octanol–water partition coefficient (Wildman–Crippen LogP) is 4.83. The monoisotopic (exact) mass is 359 g/mol. The second-order valence-corrected chi connectivity index (χ2v) is 6.37. The van der Waals surface area contributed by atoms with Crippen molar-refractivity contribution in [3.63, 3.8) is 0 Å². The second-order valence-electron chi connectivity index (χ2n) is 6.37. The molecule has 1 N–H and O–H groups in total. The van der Waals surface area contributed by atoms with Crippen LogP contribution < -0.4 is 5.32 Å². The van der Waals surface area contributed by atoms with Crippen LogP contribution in [0.3, 0.4) is 0 Å². The van der Waals surface area contributed by atoms with Crippen molar-refractivity contribution >= 4 is 11.6 Å². The minimum absolute atomic E-state index is 0.304. The van der Waals surface area contributed by atoms with Gasteiger partial charge in [-0.1, -0.05) is 18.2 Å². The third-order valence-corrected chi connectivity index (χ3v) is 4.09. The van der Waals surface area contributed by atoms with Gasteiger partial charge in [0.05, 0.1) is 0 Å². The highest BCUT2D eigenvalue weighted by atomic mass is 19.1. The highest BCUT2D eigenvalue weighted by molar-refractivity contribution is 5.59. The van der Waals surface area contributed by atoms with E-state index in [0.29, 0.717) is 23.2 Å². The van der Waals surface area contributed by atoms with E-state index in [1.807, 2.05) is 36.6 Å². The summed E-state index contributed by atoms with van der Waals surface area (Å²) in [6.07, 6.45) is 5.14. The zero-order valence-corrected chi connectivity index (χ0v) is 15.0. The molecule has 4 rings (SSSR count). The number of aromatic nitrogens is 4. The first-order valence-electron chi connectivity index (χ1n) is 8.56. The molecule has 4 aromatic rings. The van der Waals surface area contributed by atoms with Gasteiger partial charge in [-0.05, 0) is 55.3 Å². The molecule has 0 aliphatic carbocycles. The van der Waals surface area contributed by atoms with Gasteiger partial charge in [-0.15, -0.1) is 0 Å². The number of benzene rings is 2. The van der Waals surface area contributed by atoms with E-state index in [9.17, 15) is 4.39 Å². The van der Waals surface area contributed by atoms with E-state index in [1.54, 1.807) is 30.7 Å².